The number of aliphatic hydroxyl groups excluding tert-OH is 23. The summed E-state index contributed by atoms with van der Waals surface area (Å²) in [4.78, 5) is 15.5. The van der Waals surface area contributed by atoms with E-state index in [1.54, 1.807) is 6.92 Å². The molecule has 2 bridgehead atoms. The minimum absolute atomic E-state index is 0.148. The lowest BCUT2D eigenvalue weighted by Crippen LogP contribution is -2.68. The van der Waals surface area contributed by atoms with Gasteiger partial charge in [0.1, 0.15) is 165 Å². The zero-order valence-corrected chi connectivity index (χ0v) is 54.8. The molecule has 38 nitrogen and oxygen atoms in total. The number of carbonyl (C=O) groups excluding carboxylic acids is 1. The lowest BCUT2D eigenvalue weighted by Gasteiger charge is -2.64. The van der Waals surface area contributed by atoms with Gasteiger partial charge in [0.15, 0.2) is 43.8 Å². The van der Waals surface area contributed by atoms with Gasteiger partial charge in [0.2, 0.25) is 6.29 Å². The molecule has 41 atom stereocenters. The summed E-state index contributed by atoms with van der Waals surface area (Å²) < 4.78 is 85.3. The second kappa shape index (κ2) is 31.2. The van der Waals surface area contributed by atoms with Crippen molar-refractivity contribution in [2.75, 3.05) is 46.2 Å². The maximum atomic E-state index is 15.5. The molecule has 576 valence electrons. The Labute approximate surface area is 571 Å². The van der Waals surface area contributed by atoms with Gasteiger partial charge in [-0.15, -0.1) is 0 Å². The Kier molecular flexibility index (Phi) is 24.6. The van der Waals surface area contributed by atoms with Crippen LogP contribution in [0, 0.1) is 28.1 Å². The molecule has 0 radical (unpaired) electrons. The highest BCUT2D eigenvalue weighted by atomic mass is 16.8. The molecule has 0 amide bonds. The first kappa shape index (κ1) is 78.8. The molecule has 0 aromatic rings. The van der Waals surface area contributed by atoms with Crippen molar-refractivity contribution < 1.29 is 189 Å². The number of hydrogen-bond acceptors (Lipinski definition) is 38. The highest BCUT2D eigenvalue weighted by Crippen LogP contribution is 2.74. The highest BCUT2D eigenvalue weighted by Gasteiger charge is 2.70. The first-order valence-corrected chi connectivity index (χ1v) is 33.9. The number of fused-ring (bicyclic) bond motifs is 3. The summed E-state index contributed by atoms with van der Waals surface area (Å²) in [5.41, 5.74) is -3.69. The Morgan fingerprint density at radius 2 is 0.750 bits per heavy atom. The first-order chi connectivity index (χ1) is 47.3. The number of aliphatic hydroxyl groups is 23. The molecule has 7 heterocycles. The van der Waals surface area contributed by atoms with Crippen LogP contribution in [-0.4, -0.2) is 390 Å². The molecule has 7 aliphatic heterocycles. The molecule has 38 heteroatoms. The predicted octanol–water partition coefficient (Wildman–Crippen LogP) is -11.6. The van der Waals surface area contributed by atoms with Gasteiger partial charge < -0.3 is 184 Å². The lowest BCUT2D eigenvalue weighted by atomic mass is 9.41. The fourth-order valence-electron chi connectivity index (χ4n) is 17.8. The van der Waals surface area contributed by atoms with E-state index in [2.05, 4.69) is 13.5 Å². The maximum absolute atomic E-state index is 15.5. The summed E-state index contributed by atoms with van der Waals surface area (Å²) in [5, 5.41) is 249. The Hall–Kier alpha value is -2.23. The highest BCUT2D eigenvalue weighted by molar-refractivity contribution is 5.77. The Balaban J connectivity index is 0.890. The molecular formula is C62H100O38. The molecule has 11 fully saturated rings. The number of esters is 1. The standard InChI is InChI=1S/C62H100O38/c1-20-11-61-9-5-28-59(2,7-4-8-60(28,3)58(86)99-56-49(97-54-45(84)40(79)33(72)24(15-66)91-54)47(35(74)26(17-68)93-56)95-52-43(82)38(77)31(70)22(13-64)89-52)29(61)6-10-62(20,19-61)100-57-50(98-55-46(85)41(80)34(73)25(16-67)92-55)48(96-53-44(83)39(78)32(71)23(14-65)90-53)36(75)27(94-57)18-87-51-42(81)37(76)30(69)21(12-63)88-51/h21-57,63-85H,1,4-19H2,2-3H3/t21?,22?,23?,24?,25?,26?,27?,28?,29-,30?,31?,32?,33?,34?,35?,36?,37?,38?,39?,40?,41?,42?,43?,44?,45?,46?,47?,48?,49?,50?,51?,52?,53?,54?,55?,56?,57?,59+,60+,61+,62?/m0/s1. The van der Waals surface area contributed by atoms with E-state index in [1.807, 2.05) is 0 Å². The van der Waals surface area contributed by atoms with Crippen molar-refractivity contribution in [2.24, 2.45) is 28.1 Å². The van der Waals surface area contributed by atoms with Crippen molar-refractivity contribution in [1.29, 1.82) is 0 Å². The molecular weight excluding hydrogens is 1350 g/mol. The summed E-state index contributed by atoms with van der Waals surface area (Å²) >= 11 is 0. The monoisotopic (exact) mass is 1450 g/mol. The molecule has 23 N–H and O–H groups in total. The molecule has 0 aromatic heterocycles. The van der Waals surface area contributed by atoms with Gasteiger partial charge in [-0.1, -0.05) is 19.9 Å². The zero-order valence-electron chi connectivity index (χ0n) is 54.8. The molecule has 1 spiro atoms. The summed E-state index contributed by atoms with van der Waals surface area (Å²) in [6.07, 6.45) is -63.8. The number of hydrogen-bond donors (Lipinski definition) is 23. The number of ether oxygens (including phenoxy) is 14. The fraction of sp³-hybridized carbons (Fsp3) is 0.952. The van der Waals surface area contributed by atoms with Crippen LogP contribution in [0.5, 0.6) is 0 Å². The van der Waals surface area contributed by atoms with Crippen molar-refractivity contribution >= 4 is 5.97 Å². The van der Waals surface area contributed by atoms with Gasteiger partial charge in [-0.2, -0.15) is 0 Å². The summed E-state index contributed by atoms with van der Waals surface area (Å²) in [6.45, 7) is 2.00. The van der Waals surface area contributed by atoms with Crippen molar-refractivity contribution in [3.63, 3.8) is 0 Å². The van der Waals surface area contributed by atoms with Crippen molar-refractivity contribution in [1.82, 2.24) is 0 Å². The van der Waals surface area contributed by atoms with Gasteiger partial charge >= 0.3 is 5.97 Å². The van der Waals surface area contributed by atoms with Crippen LogP contribution in [0.4, 0.5) is 0 Å². The average Bonchev–Trinajstić information content (AvgIpc) is 1.44. The van der Waals surface area contributed by atoms with Gasteiger partial charge in [0.05, 0.1) is 57.3 Å². The van der Waals surface area contributed by atoms with Crippen LogP contribution < -0.4 is 0 Å². The fourth-order valence-corrected chi connectivity index (χ4v) is 17.8. The molecule has 11 rings (SSSR count). The van der Waals surface area contributed by atoms with Gasteiger partial charge in [-0.05, 0) is 86.5 Å². The van der Waals surface area contributed by atoms with Crippen molar-refractivity contribution in [3.05, 3.63) is 12.2 Å². The molecule has 7 saturated heterocycles. The molecule has 4 saturated carbocycles. The van der Waals surface area contributed by atoms with Crippen molar-refractivity contribution in [2.45, 2.75) is 292 Å². The first-order valence-electron chi connectivity index (χ1n) is 33.9. The Morgan fingerprint density at radius 1 is 0.400 bits per heavy atom. The normalized spacial score (nSPS) is 54.5. The van der Waals surface area contributed by atoms with E-state index in [4.69, 9.17) is 66.3 Å². The third-order valence-corrected chi connectivity index (χ3v) is 23.4. The molecule has 0 aromatic carbocycles. The maximum Gasteiger partial charge on any atom is 0.314 e. The van der Waals surface area contributed by atoms with Crippen LogP contribution in [0.15, 0.2) is 12.2 Å². The number of rotatable bonds is 21. The van der Waals surface area contributed by atoms with Crippen LogP contribution in [0.25, 0.3) is 0 Å². The second-order valence-corrected chi connectivity index (χ2v) is 29.3. The van der Waals surface area contributed by atoms with Crippen LogP contribution in [0.3, 0.4) is 0 Å². The Bertz CT molecular complexity index is 2720. The van der Waals surface area contributed by atoms with E-state index in [9.17, 15) is 117 Å². The third-order valence-electron chi connectivity index (χ3n) is 23.4. The second-order valence-electron chi connectivity index (χ2n) is 29.3. The summed E-state index contributed by atoms with van der Waals surface area (Å²) in [6, 6.07) is 0. The van der Waals surface area contributed by atoms with E-state index in [0.29, 0.717) is 44.1 Å². The van der Waals surface area contributed by atoms with E-state index in [-0.39, 0.29) is 25.2 Å². The van der Waals surface area contributed by atoms with E-state index in [0.717, 1.165) is 0 Å². The van der Waals surface area contributed by atoms with Crippen molar-refractivity contribution in [3.8, 4) is 0 Å². The molecule has 11 aliphatic rings. The third kappa shape index (κ3) is 14.1. The van der Waals surface area contributed by atoms with Crippen LogP contribution >= 0.6 is 0 Å². The average molecular weight is 1450 g/mol. The van der Waals surface area contributed by atoms with Gasteiger partial charge in [-0.25, -0.2) is 0 Å². The quantitative estimate of drug-likeness (QED) is 0.0288. The smallest absolute Gasteiger partial charge is 0.314 e. The number of carbonyl (C=O) groups is 1. The molecule has 37 unspecified atom stereocenters. The van der Waals surface area contributed by atoms with E-state index < -0.39 is 295 Å². The van der Waals surface area contributed by atoms with Crippen LogP contribution in [-0.2, 0) is 71.1 Å². The van der Waals surface area contributed by atoms with E-state index >= 15 is 4.79 Å². The van der Waals surface area contributed by atoms with Gasteiger partial charge in [0.25, 0.3) is 0 Å². The van der Waals surface area contributed by atoms with E-state index in [1.165, 1.54) is 0 Å². The summed E-state index contributed by atoms with van der Waals surface area (Å²) in [7, 11) is 0. The SMILES string of the molecule is C=C1C[C@@]23CCC4[C@](C)(C(=O)OC5OC(CO)C(O)C(OC6OC(CO)C(O)C(O)C6O)C5OC5OC(CO)C(O)C(O)C5O)CCC[C@@]4(C)[C@@H]2CCC1(OC1OC(COC2OC(CO)C(O)C(O)C2O)C(O)C(OC2OC(CO)C(O)C(O)C2O)C1OC1OC(CO)C(O)C(O)C1O)C3. The lowest BCUT2D eigenvalue weighted by molar-refractivity contribution is -0.403. The van der Waals surface area contributed by atoms with Gasteiger partial charge in [0, 0.05) is 0 Å². The van der Waals surface area contributed by atoms with Crippen LogP contribution in [0.1, 0.15) is 71.6 Å². The minimum atomic E-state index is -2.13. The minimum Gasteiger partial charge on any atom is -0.432 e. The predicted molar refractivity (Wildman–Crippen MR) is 317 cm³/mol. The topological polar surface area (TPSA) is 612 Å². The largest absolute Gasteiger partial charge is 0.432 e. The summed E-state index contributed by atoms with van der Waals surface area (Å²) in [5.74, 6) is -1.63. The Morgan fingerprint density at radius 3 is 1.18 bits per heavy atom. The molecule has 100 heavy (non-hydrogen) atoms. The van der Waals surface area contributed by atoms with Gasteiger partial charge in [-0.3, -0.25) is 4.79 Å². The van der Waals surface area contributed by atoms with Crippen LogP contribution in [0.2, 0.25) is 0 Å². The zero-order chi connectivity index (χ0) is 72.7. The molecule has 4 aliphatic carbocycles.